The topological polar surface area (TPSA) is 42.1 Å². The smallest absolute Gasteiger partial charge is 0.0399 e. The molecule has 3 atom stereocenters. The first-order chi connectivity index (χ1) is 8.38. The molecule has 1 aromatic rings. The first-order valence-electron chi connectivity index (χ1n) is 6.75. The summed E-state index contributed by atoms with van der Waals surface area (Å²) in [6.07, 6.45) is 9.08. The molecular formula is C14H21N3. The molecule has 3 nitrogen and oxygen atoms in total. The van der Waals surface area contributed by atoms with Gasteiger partial charge in [-0.05, 0) is 56.2 Å². The summed E-state index contributed by atoms with van der Waals surface area (Å²) in [6, 6.07) is 5.04. The molecule has 3 rings (SSSR count). The lowest BCUT2D eigenvalue weighted by Crippen LogP contribution is -2.28. The van der Waals surface area contributed by atoms with Crippen LogP contribution in [0.2, 0.25) is 0 Å². The van der Waals surface area contributed by atoms with E-state index in [0.717, 1.165) is 24.4 Å². The number of anilines is 1. The van der Waals surface area contributed by atoms with Crippen molar-refractivity contribution in [2.45, 2.75) is 31.7 Å². The highest BCUT2D eigenvalue weighted by Gasteiger charge is 2.40. The van der Waals surface area contributed by atoms with E-state index < -0.39 is 0 Å². The zero-order valence-corrected chi connectivity index (χ0v) is 10.3. The van der Waals surface area contributed by atoms with E-state index in [1.807, 2.05) is 12.4 Å². The second-order valence-corrected chi connectivity index (χ2v) is 5.42. The lowest BCUT2D eigenvalue weighted by molar-refractivity contribution is 0.268. The molecule has 2 N–H and O–H groups in total. The molecule has 2 heterocycles. The zero-order chi connectivity index (χ0) is 11.7. The number of nitrogens with two attached hydrogens (primary N) is 1. The predicted octanol–water partition coefficient (Wildman–Crippen LogP) is 2.04. The van der Waals surface area contributed by atoms with Gasteiger partial charge in [0.25, 0.3) is 0 Å². The predicted molar refractivity (Wildman–Crippen MR) is 69.9 cm³/mol. The fraction of sp³-hybridized carbons (Fsp3) is 0.643. The van der Waals surface area contributed by atoms with E-state index >= 15 is 0 Å². The molecule has 2 bridgehead atoms. The molecule has 2 aliphatic rings. The van der Waals surface area contributed by atoms with Crippen molar-refractivity contribution in [1.82, 2.24) is 4.98 Å². The maximum Gasteiger partial charge on any atom is 0.0399 e. The average Bonchev–Trinajstić information content (AvgIpc) is 2.73. The van der Waals surface area contributed by atoms with Gasteiger partial charge >= 0.3 is 0 Å². The van der Waals surface area contributed by atoms with E-state index in [4.69, 9.17) is 5.73 Å². The Bertz CT molecular complexity index is 365. The van der Waals surface area contributed by atoms with Gasteiger partial charge < -0.3 is 10.6 Å². The quantitative estimate of drug-likeness (QED) is 0.865. The third-order valence-electron chi connectivity index (χ3n) is 4.52. The summed E-state index contributed by atoms with van der Waals surface area (Å²) >= 11 is 0. The third kappa shape index (κ3) is 2.04. The number of pyridine rings is 1. The van der Waals surface area contributed by atoms with Crippen molar-refractivity contribution in [3.8, 4) is 0 Å². The molecule has 3 heteroatoms. The Balaban J connectivity index is 1.75. The van der Waals surface area contributed by atoms with Gasteiger partial charge in [-0.2, -0.15) is 0 Å². The first kappa shape index (κ1) is 11.0. The van der Waals surface area contributed by atoms with Crippen molar-refractivity contribution >= 4 is 5.69 Å². The Morgan fingerprint density at radius 2 is 2.12 bits per heavy atom. The van der Waals surface area contributed by atoms with Crippen LogP contribution >= 0.6 is 0 Å². The van der Waals surface area contributed by atoms with Crippen LogP contribution < -0.4 is 10.6 Å². The van der Waals surface area contributed by atoms with Gasteiger partial charge in [0, 0.05) is 30.7 Å². The van der Waals surface area contributed by atoms with Gasteiger partial charge in [-0.1, -0.05) is 0 Å². The van der Waals surface area contributed by atoms with E-state index in [9.17, 15) is 0 Å². The number of fused-ring (bicyclic) bond motifs is 2. The molecule has 2 fully saturated rings. The van der Waals surface area contributed by atoms with Gasteiger partial charge in [-0.3, -0.25) is 4.98 Å². The molecule has 3 unspecified atom stereocenters. The van der Waals surface area contributed by atoms with Crippen molar-refractivity contribution in [2.75, 3.05) is 18.0 Å². The molecule has 17 heavy (non-hydrogen) atoms. The minimum Gasteiger partial charge on any atom is -0.368 e. The minimum atomic E-state index is 0.761. The van der Waals surface area contributed by atoms with E-state index in [2.05, 4.69) is 22.0 Å². The Morgan fingerprint density at radius 1 is 1.29 bits per heavy atom. The number of hydrogen-bond donors (Lipinski definition) is 1. The van der Waals surface area contributed by atoms with Crippen LogP contribution in [-0.2, 0) is 0 Å². The van der Waals surface area contributed by atoms with Crippen molar-refractivity contribution in [3.63, 3.8) is 0 Å². The largest absolute Gasteiger partial charge is 0.368 e. The Kier molecular flexibility index (Phi) is 3.02. The summed E-state index contributed by atoms with van der Waals surface area (Å²) in [4.78, 5) is 6.69. The van der Waals surface area contributed by atoms with Crippen LogP contribution in [0.4, 0.5) is 5.69 Å². The van der Waals surface area contributed by atoms with Crippen LogP contribution in [0.25, 0.3) is 0 Å². The number of aromatic nitrogens is 1. The average molecular weight is 231 g/mol. The van der Waals surface area contributed by atoms with Crippen molar-refractivity contribution in [2.24, 2.45) is 17.6 Å². The SMILES string of the molecule is NCCC1CCC2CC1CN2c1ccncc1. The van der Waals surface area contributed by atoms with Crippen molar-refractivity contribution in [1.29, 1.82) is 0 Å². The van der Waals surface area contributed by atoms with E-state index in [1.54, 1.807) is 0 Å². The maximum atomic E-state index is 5.71. The monoisotopic (exact) mass is 231 g/mol. The molecule has 0 amide bonds. The number of hydrogen-bond acceptors (Lipinski definition) is 3. The van der Waals surface area contributed by atoms with Gasteiger partial charge in [0.1, 0.15) is 0 Å². The second-order valence-electron chi connectivity index (χ2n) is 5.42. The fourth-order valence-corrected chi connectivity index (χ4v) is 3.66. The first-order valence-corrected chi connectivity index (χ1v) is 6.75. The van der Waals surface area contributed by atoms with Crippen LogP contribution in [0, 0.1) is 11.8 Å². The van der Waals surface area contributed by atoms with Crippen LogP contribution in [0.1, 0.15) is 25.7 Å². The molecule has 1 aliphatic carbocycles. The summed E-state index contributed by atoms with van der Waals surface area (Å²) in [5.74, 6) is 1.73. The number of rotatable bonds is 3. The molecule has 1 aromatic heterocycles. The van der Waals surface area contributed by atoms with Gasteiger partial charge in [0.05, 0.1) is 0 Å². The standard InChI is InChI=1S/C14H21N3/c15-6-3-11-1-2-14-9-12(11)10-17(14)13-4-7-16-8-5-13/h4-5,7-8,11-12,14H,1-3,6,9-10,15H2. The van der Waals surface area contributed by atoms with Gasteiger partial charge in [0.15, 0.2) is 0 Å². The lowest BCUT2D eigenvalue weighted by Gasteiger charge is -2.28. The van der Waals surface area contributed by atoms with Crippen LogP contribution in [0.15, 0.2) is 24.5 Å². The highest BCUT2D eigenvalue weighted by atomic mass is 15.2. The summed E-state index contributed by atoms with van der Waals surface area (Å²) in [5.41, 5.74) is 7.06. The molecule has 92 valence electrons. The summed E-state index contributed by atoms with van der Waals surface area (Å²) < 4.78 is 0. The van der Waals surface area contributed by atoms with Crippen LogP contribution in [0.3, 0.4) is 0 Å². The molecule has 1 aliphatic heterocycles. The van der Waals surface area contributed by atoms with Crippen molar-refractivity contribution < 1.29 is 0 Å². The Labute approximate surface area is 103 Å². The third-order valence-corrected chi connectivity index (χ3v) is 4.52. The van der Waals surface area contributed by atoms with Gasteiger partial charge in [0.2, 0.25) is 0 Å². The second kappa shape index (κ2) is 4.65. The molecule has 0 aromatic carbocycles. The normalized spacial score (nSPS) is 31.8. The molecular weight excluding hydrogens is 210 g/mol. The summed E-state index contributed by atoms with van der Waals surface area (Å²) in [5, 5.41) is 0. The highest BCUT2D eigenvalue weighted by Crippen LogP contribution is 2.42. The highest BCUT2D eigenvalue weighted by molar-refractivity contribution is 5.47. The molecule has 1 saturated heterocycles. The minimum absolute atomic E-state index is 0.761. The van der Waals surface area contributed by atoms with Crippen molar-refractivity contribution in [3.05, 3.63) is 24.5 Å². The maximum absolute atomic E-state index is 5.71. The molecule has 0 radical (unpaired) electrons. The van der Waals surface area contributed by atoms with E-state index in [-0.39, 0.29) is 0 Å². The Morgan fingerprint density at radius 3 is 2.88 bits per heavy atom. The molecule has 0 spiro atoms. The molecule has 1 saturated carbocycles. The van der Waals surface area contributed by atoms with Crippen LogP contribution in [0.5, 0.6) is 0 Å². The summed E-state index contributed by atoms with van der Waals surface area (Å²) in [6.45, 7) is 2.07. The fourth-order valence-electron chi connectivity index (χ4n) is 3.66. The zero-order valence-electron chi connectivity index (χ0n) is 10.3. The van der Waals surface area contributed by atoms with Gasteiger partial charge in [-0.25, -0.2) is 0 Å². The number of nitrogens with zero attached hydrogens (tertiary/aromatic N) is 2. The lowest BCUT2D eigenvalue weighted by atomic mass is 9.78. The van der Waals surface area contributed by atoms with Crippen LogP contribution in [-0.4, -0.2) is 24.1 Å². The Hall–Kier alpha value is -1.09. The van der Waals surface area contributed by atoms with E-state index in [1.165, 1.54) is 37.9 Å². The van der Waals surface area contributed by atoms with Gasteiger partial charge in [-0.15, -0.1) is 0 Å². The van der Waals surface area contributed by atoms with E-state index in [0.29, 0.717) is 0 Å². The summed E-state index contributed by atoms with van der Waals surface area (Å²) in [7, 11) is 0.